The number of imidazole rings is 1. The summed E-state index contributed by atoms with van der Waals surface area (Å²) >= 11 is 0. The third-order valence-electron chi connectivity index (χ3n) is 7.21. The highest BCUT2D eigenvalue weighted by Gasteiger charge is 2.34. The van der Waals surface area contributed by atoms with Crippen LogP contribution in [-0.4, -0.2) is 68.0 Å². The predicted octanol–water partition coefficient (Wildman–Crippen LogP) is 6.28. The molecule has 0 saturated carbocycles. The summed E-state index contributed by atoms with van der Waals surface area (Å²) < 4.78 is 42.0. The Hall–Kier alpha value is -4.23. The van der Waals surface area contributed by atoms with Gasteiger partial charge in [-0.05, 0) is 85.2 Å². The minimum absolute atomic E-state index is 0.0583. The van der Waals surface area contributed by atoms with Crippen molar-refractivity contribution in [3.05, 3.63) is 42.0 Å². The summed E-state index contributed by atoms with van der Waals surface area (Å²) in [5.41, 5.74) is 2.18. The molecule has 1 aromatic carbocycles. The molecule has 1 aliphatic rings. The van der Waals surface area contributed by atoms with E-state index < -0.39 is 35.0 Å². The van der Waals surface area contributed by atoms with E-state index in [1.807, 2.05) is 42.2 Å². The van der Waals surface area contributed by atoms with Crippen LogP contribution in [0.15, 0.2) is 30.6 Å². The van der Waals surface area contributed by atoms with Crippen molar-refractivity contribution in [3.63, 3.8) is 0 Å². The maximum absolute atomic E-state index is 15.2. The molecule has 1 aliphatic heterocycles. The molecule has 1 saturated heterocycles. The summed E-state index contributed by atoms with van der Waals surface area (Å²) in [6.45, 7) is 15.1. The van der Waals surface area contributed by atoms with E-state index in [-0.39, 0.29) is 12.6 Å². The number of rotatable bonds is 6. The number of hydrogen-bond donors (Lipinski definition) is 1. The largest absolute Gasteiger partial charge is 0.444 e. The number of benzene rings is 1. The molecule has 0 spiro atoms. The minimum Gasteiger partial charge on any atom is -0.444 e. The number of aromatic nitrogens is 4. The van der Waals surface area contributed by atoms with E-state index in [1.165, 1.54) is 17.0 Å². The van der Waals surface area contributed by atoms with Crippen molar-refractivity contribution in [1.82, 2.24) is 24.4 Å². The third kappa shape index (κ3) is 7.26. The second-order valence-corrected chi connectivity index (χ2v) is 14.1. The molecule has 13 heteroatoms. The van der Waals surface area contributed by atoms with Crippen LogP contribution in [-0.2, 0) is 39.1 Å². The first-order valence-corrected chi connectivity index (χ1v) is 15.2. The lowest BCUT2D eigenvalue weighted by molar-refractivity contribution is -0.139. The van der Waals surface area contributed by atoms with Gasteiger partial charge in [-0.1, -0.05) is 0 Å². The molecule has 46 heavy (non-hydrogen) atoms. The molecule has 4 heterocycles. The van der Waals surface area contributed by atoms with Gasteiger partial charge in [-0.3, -0.25) is 4.90 Å². The molecule has 0 bridgehead atoms. The number of aryl methyl sites for hydroxylation is 1. The Kier molecular flexibility index (Phi) is 8.54. The van der Waals surface area contributed by atoms with Gasteiger partial charge < -0.3 is 33.4 Å². The molecule has 1 N–H and O–H groups in total. The smallest absolute Gasteiger partial charge is 0.415 e. The molecule has 248 valence electrons. The van der Waals surface area contributed by atoms with E-state index in [0.717, 1.165) is 10.9 Å². The summed E-state index contributed by atoms with van der Waals surface area (Å²) in [6, 6.07) is 6.56. The number of alkyl carbamates (subject to hydrolysis) is 1. The third-order valence-corrected chi connectivity index (χ3v) is 7.21. The second kappa shape index (κ2) is 11.8. The van der Waals surface area contributed by atoms with E-state index in [9.17, 15) is 9.59 Å². The van der Waals surface area contributed by atoms with Crippen molar-refractivity contribution >= 4 is 40.1 Å². The Morgan fingerprint density at radius 1 is 1.11 bits per heavy atom. The number of anilines is 1. The first-order valence-electron chi connectivity index (χ1n) is 15.2. The zero-order valence-electron chi connectivity index (χ0n) is 28.1. The summed E-state index contributed by atoms with van der Waals surface area (Å²) in [7, 11) is 3.46. The van der Waals surface area contributed by atoms with Crippen LogP contribution in [0.5, 0.6) is 0 Å². The SMILES string of the molecule is CN(C(=O)OC(C)(C)C)c1nc2c(cc(-c3cc(F)cc(CNC(=O)OC(C)(C)C)c3)n2CC2COC(C)(C)O2)c2c1ncn2C. The molecule has 3 aromatic heterocycles. The van der Waals surface area contributed by atoms with Crippen molar-refractivity contribution < 1.29 is 32.9 Å². The van der Waals surface area contributed by atoms with Crippen LogP contribution >= 0.6 is 0 Å². The summed E-state index contributed by atoms with van der Waals surface area (Å²) in [5, 5.41) is 3.45. The van der Waals surface area contributed by atoms with Crippen LogP contribution in [0.2, 0.25) is 0 Å². The zero-order valence-corrected chi connectivity index (χ0v) is 28.1. The van der Waals surface area contributed by atoms with E-state index in [0.29, 0.717) is 47.0 Å². The first-order chi connectivity index (χ1) is 21.3. The van der Waals surface area contributed by atoms with Crippen LogP contribution in [0, 0.1) is 5.82 Å². The second-order valence-electron chi connectivity index (χ2n) is 14.1. The maximum Gasteiger partial charge on any atom is 0.415 e. The monoisotopic (exact) mass is 638 g/mol. The Labute approximate surface area is 267 Å². The molecule has 4 aromatic rings. The number of ether oxygens (including phenoxy) is 4. The zero-order chi connectivity index (χ0) is 33.8. The highest BCUT2D eigenvalue weighted by atomic mass is 19.1. The number of amides is 2. The average molecular weight is 639 g/mol. The molecule has 0 aliphatic carbocycles. The number of pyridine rings is 1. The van der Waals surface area contributed by atoms with E-state index >= 15 is 4.39 Å². The fraction of sp³-hybridized carbons (Fsp3) is 0.515. The van der Waals surface area contributed by atoms with Crippen LogP contribution in [0.25, 0.3) is 33.3 Å². The first kappa shape index (κ1) is 33.1. The molecule has 12 nitrogen and oxygen atoms in total. The number of halogens is 1. The average Bonchev–Trinajstić information content (AvgIpc) is 3.59. The Morgan fingerprint density at radius 2 is 1.80 bits per heavy atom. The molecule has 1 atom stereocenters. The molecule has 2 amide bonds. The van der Waals surface area contributed by atoms with Crippen LogP contribution in [0.1, 0.15) is 61.0 Å². The van der Waals surface area contributed by atoms with Gasteiger partial charge in [-0.2, -0.15) is 0 Å². The predicted molar refractivity (Wildman–Crippen MR) is 172 cm³/mol. The van der Waals surface area contributed by atoms with Crippen molar-refractivity contribution in [2.75, 3.05) is 18.6 Å². The summed E-state index contributed by atoms with van der Waals surface area (Å²) in [5.74, 6) is -0.924. The van der Waals surface area contributed by atoms with E-state index in [1.54, 1.807) is 54.9 Å². The van der Waals surface area contributed by atoms with Gasteiger partial charge in [0, 0.05) is 31.6 Å². The standard InChI is InChI=1S/C33H43FN6O6/c1-31(2,3)45-29(41)35-15-19-11-20(13-21(34)12-19)24-14-23-26-25(36-18-38(26)9)28(39(10)30(42)46-32(4,5)6)37-27(23)40(24)16-22-17-43-33(7,8)44-22/h11-14,18,22H,15-17H2,1-10H3,(H,35,41). The number of hydrogen-bond acceptors (Lipinski definition) is 8. The van der Waals surface area contributed by atoms with Crippen molar-refractivity contribution in [2.24, 2.45) is 7.05 Å². The lowest BCUT2D eigenvalue weighted by Gasteiger charge is -2.24. The van der Waals surface area contributed by atoms with Gasteiger partial charge in [0.25, 0.3) is 0 Å². The van der Waals surface area contributed by atoms with E-state index in [4.69, 9.17) is 23.9 Å². The van der Waals surface area contributed by atoms with Crippen LogP contribution in [0.4, 0.5) is 19.8 Å². The number of carbonyl (C=O) groups excluding carboxylic acids is 2. The topological polar surface area (TPSA) is 122 Å². The quantitative estimate of drug-likeness (QED) is 0.262. The van der Waals surface area contributed by atoms with Gasteiger partial charge >= 0.3 is 12.2 Å². The molecule has 0 radical (unpaired) electrons. The fourth-order valence-electron chi connectivity index (χ4n) is 5.42. The molecular formula is C33H43FN6O6. The molecule has 5 rings (SSSR count). The maximum atomic E-state index is 15.2. The Balaban J connectivity index is 1.65. The Bertz CT molecular complexity index is 1800. The van der Waals surface area contributed by atoms with Crippen molar-refractivity contribution in [3.8, 4) is 11.3 Å². The molecular weight excluding hydrogens is 595 g/mol. The van der Waals surface area contributed by atoms with Gasteiger partial charge in [-0.15, -0.1) is 0 Å². The van der Waals surface area contributed by atoms with Crippen LogP contribution < -0.4 is 10.2 Å². The van der Waals surface area contributed by atoms with Gasteiger partial charge in [0.15, 0.2) is 11.6 Å². The van der Waals surface area contributed by atoms with Gasteiger partial charge in [-0.25, -0.2) is 23.9 Å². The highest BCUT2D eigenvalue weighted by Crippen LogP contribution is 2.37. The molecule has 1 fully saturated rings. The Morgan fingerprint density at radius 3 is 2.43 bits per heavy atom. The number of nitrogens with zero attached hydrogens (tertiary/aromatic N) is 5. The minimum atomic E-state index is -0.766. The van der Waals surface area contributed by atoms with Crippen molar-refractivity contribution in [2.45, 2.75) is 91.6 Å². The van der Waals surface area contributed by atoms with Crippen LogP contribution in [0.3, 0.4) is 0 Å². The summed E-state index contributed by atoms with van der Waals surface area (Å²) in [6.07, 6.45) is 0.153. The molecule has 1 unspecified atom stereocenters. The van der Waals surface area contributed by atoms with Gasteiger partial charge in [0.05, 0.1) is 30.7 Å². The normalized spacial score (nSPS) is 16.6. The number of fused-ring (bicyclic) bond motifs is 3. The lowest BCUT2D eigenvalue weighted by atomic mass is 10.1. The highest BCUT2D eigenvalue weighted by molar-refractivity contribution is 6.10. The van der Waals surface area contributed by atoms with Crippen molar-refractivity contribution in [1.29, 1.82) is 0 Å². The van der Waals surface area contributed by atoms with Gasteiger partial charge in [0.2, 0.25) is 0 Å². The summed E-state index contributed by atoms with van der Waals surface area (Å²) in [4.78, 5) is 36.4. The van der Waals surface area contributed by atoms with Gasteiger partial charge in [0.1, 0.15) is 34.3 Å². The van der Waals surface area contributed by atoms with E-state index in [2.05, 4.69) is 10.3 Å². The number of nitrogens with one attached hydrogen (secondary N) is 1. The lowest BCUT2D eigenvalue weighted by Crippen LogP contribution is -2.34. The number of carbonyl (C=O) groups is 2. The fourth-order valence-corrected chi connectivity index (χ4v) is 5.42.